The molecule has 9 heteroatoms. The van der Waals surface area contributed by atoms with Gasteiger partial charge in [-0.2, -0.15) is 0 Å². The van der Waals surface area contributed by atoms with E-state index in [1.807, 2.05) is 0 Å². The van der Waals surface area contributed by atoms with Crippen molar-refractivity contribution in [2.75, 3.05) is 30.8 Å². The van der Waals surface area contributed by atoms with Crippen molar-refractivity contribution in [1.82, 2.24) is 0 Å². The predicted octanol–water partition coefficient (Wildman–Crippen LogP) is 4.34. The average Bonchev–Trinajstić information content (AvgIpc) is 3.19. The number of unbranched alkanes of at least 4 members (excludes halogenated alkanes) is 3. The monoisotopic (exact) mass is 426 g/mol. The smallest absolute Gasteiger partial charge is 0.349 e. The van der Waals surface area contributed by atoms with Gasteiger partial charge in [0.15, 0.2) is 0 Å². The number of anilines is 2. The maximum atomic E-state index is 12.7. The number of benzene rings is 1. The van der Waals surface area contributed by atoms with Crippen LogP contribution in [0.2, 0.25) is 0 Å². The first-order chi connectivity index (χ1) is 13.4. The summed E-state index contributed by atoms with van der Waals surface area (Å²) in [6.07, 6.45) is 4.63. The van der Waals surface area contributed by atoms with Crippen molar-refractivity contribution < 1.29 is 22.7 Å². The third-order valence-corrected chi connectivity index (χ3v) is 6.53. The fourth-order valence-electron chi connectivity index (χ4n) is 2.62. The van der Waals surface area contributed by atoms with E-state index in [4.69, 9.17) is 4.74 Å². The lowest BCUT2D eigenvalue weighted by atomic mass is 10.2. The van der Waals surface area contributed by atoms with Crippen LogP contribution in [-0.2, 0) is 14.8 Å². The summed E-state index contributed by atoms with van der Waals surface area (Å²) < 4.78 is 38.0. The van der Waals surface area contributed by atoms with Gasteiger partial charge in [0, 0.05) is 18.3 Å². The molecule has 2 N–H and O–H groups in total. The maximum Gasteiger partial charge on any atom is 0.349 e. The lowest BCUT2D eigenvalue weighted by molar-refractivity contribution is 0.0602. The molecule has 0 aliphatic heterocycles. The highest BCUT2D eigenvalue weighted by Crippen LogP contribution is 2.31. The average molecular weight is 427 g/mol. The van der Waals surface area contributed by atoms with E-state index in [2.05, 4.69) is 21.7 Å². The lowest BCUT2D eigenvalue weighted by Gasteiger charge is -2.14. The number of carbonyl (C=O) groups excluding carboxylic acids is 1. The minimum absolute atomic E-state index is 0.0272. The molecule has 7 nitrogen and oxygen atoms in total. The second-order valence-corrected chi connectivity index (χ2v) is 8.68. The second-order valence-electron chi connectivity index (χ2n) is 6.11. The fourth-order valence-corrected chi connectivity index (χ4v) is 5.03. The van der Waals surface area contributed by atoms with Crippen molar-refractivity contribution in [3.63, 3.8) is 0 Å². The Bertz CT molecular complexity index is 893. The number of rotatable bonds is 11. The number of methoxy groups -OCH3 is 2. The molecule has 0 spiro atoms. The van der Waals surface area contributed by atoms with Crippen LogP contribution in [0.4, 0.5) is 11.4 Å². The van der Waals surface area contributed by atoms with Crippen molar-refractivity contribution in [1.29, 1.82) is 0 Å². The largest absolute Gasteiger partial charge is 0.494 e. The highest BCUT2D eigenvalue weighted by atomic mass is 32.2. The van der Waals surface area contributed by atoms with Gasteiger partial charge in [0.1, 0.15) is 15.5 Å². The molecule has 28 heavy (non-hydrogen) atoms. The Hall–Kier alpha value is -2.26. The summed E-state index contributed by atoms with van der Waals surface area (Å²) in [7, 11) is -1.28. The Morgan fingerprint density at radius 2 is 1.93 bits per heavy atom. The van der Waals surface area contributed by atoms with E-state index in [0.717, 1.165) is 30.0 Å². The fraction of sp³-hybridized carbons (Fsp3) is 0.421. The maximum absolute atomic E-state index is 12.7. The first-order valence-electron chi connectivity index (χ1n) is 9.03. The number of esters is 1. The molecule has 0 aliphatic carbocycles. The highest BCUT2D eigenvalue weighted by molar-refractivity contribution is 7.93. The van der Waals surface area contributed by atoms with E-state index < -0.39 is 16.0 Å². The number of hydrogen-bond donors (Lipinski definition) is 2. The van der Waals surface area contributed by atoms with Gasteiger partial charge in [0.05, 0.1) is 19.9 Å². The zero-order valence-electron chi connectivity index (χ0n) is 16.3. The molecular weight excluding hydrogens is 400 g/mol. The van der Waals surface area contributed by atoms with Gasteiger partial charge in [-0.1, -0.05) is 26.2 Å². The zero-order chi connectivity index (χ0) is 20.6. The summed E-state index contributed by atoms with van der Waals surface area (Å²) in [5, 5.41) is 4.84. The number of sulfonamides is 1. The van der Waals surface area contributed by atoms with E-state index in [-0.39, 0.29) is 9.77 Å². The van der Waals surface area contributed by atoms with Crippen LogP contribution < -0.4 is 14.8 Å². The van der Waals surface area contributed by atoms with Gasteiger partial charge in [-0.15, -0.1) is 11.3 Å². The first-order valence-corrected chi connectivity index (χ1v) is 11.4. The Labute approximate surface area is 170 Å². The minimum atomic E-state index is -3.97. The second kappa shape index (κ2) is 10.3. The van der Waals surface area contributed by atoms with Crippen LogP contribution in [-0.4, -0.2) is 35.2 Å². The SMILES string of the molecule is CCCCCCNc1ccc(NS(=O)(=O)c2ccsc2C(=O)OC)c(OC)c1. The normalized spacial score (nSPS) is 11.1. The molecule has 0 atom stereocenters. The first kappa shape index (κ1) is 22.0. The van der Waals surface area contributed by atoms with Gasteiger partial charge < -0.3 is 14.8 Å². The minimum Gasteiger partial charge on any atom is -0.494 e. The van der Waals surface area contributed by atoms with Crippen molar-refractivity contribution in [2.45, 2.75) is 37.5 Å². The topological polar surface area (TPSA) is 93.7 Å². The van der Waals surface area contributed by atoms with Crippen molar-refractivity contribution in [2.24, 2.45) is 0 Å². The third kappa shape index (κ3) is 5.62. The summed E-state index contributed by atoms with van der Waals surface area (Å²) in [6, 6.07) is 6.54. The predicted molar refractivity (Wildman–Crippen MR) is 112 cm³/mol. The molecule has 0 fully saturated rings. The molecule has 0 saturated heterocycles. The van der Waals surface area contributed by atoms with Gasteiger partial charge in [-0.05, 0) is 30.0 Å². The highest BCUT2D eigenvalue weighted by Gasteiger charge is 2.25. The molecule has 154 valence electrons. The molecule has 1 aromatic carbocycles. The van der Waals surface area contributed by atoms with Crippen molar-refractivity contribution in [3.8, 4) is 5.75 Å². The van der Waals surface area contributed by atoms with E-state index in [1.54, 1.807) is 18.2 Å². The van der Waals surface area contributed by atoms with Gasteiger partial charge >= 0.3 is 5.97 Å². The van der Waals surface area contributed by atoms with Crippen LogP contribution in [0.5, 0.6) is 5.75 Å². The van der Waals surface area contributed by atoms with Gasteiger partial charge in [-0.3, -0.25) is 4.72 Å². The molecular formula is C19H26N2O5S2. The number of hydrogen-bond acceptors (Lipinski definition) is 7. The van der Waals surface area contributed by atoms with Crippen LogP contribution >= 0.6 is 11.3 Å². The van der Waals surface area contributed by atoms with Gasteiger partial charge in [-0.25, -0.2) is 13.2 Å². The third-order valence-electron chi connectivity index (χ3n) is 4.09. The van der Waals surface area contributed by atoms with E-state index in [1.165, 1.54) is 44.9 Å². The van der Waals surface area contributed by atoms with Crippen LogP contribution in [0.25, 0.3) is 0 Å². The van der Waals surface area contributed by atoms with Gasteiger partial charge in [0.25, 0.3) is 10.0 Å². The van der Waals surface area contributed by atoms with E-state index >= 15 is 0 Å². The summed E-state index contributed by atoms with van der Waals surface area (Å²) in [4.78, 5) is 11.7. The van der Waals surface area contributed by atoms with Crippen LogP contribution in [0, 0.1) is 0 Å². The molecule has 0 unspecified atom stereocenters. The number of carbonyl (C=O) groups is 1. The van der Waals surface area contributed by atoms with Crippen molar-refractivity contribution >= 4 is 38.7 Å². The quantitative estimate of drug-likeness (QED) is 0.410. The van der Waals surface area contributed by atoms with Crippen LogP contribution in [0.3, 0.4) is 0 Å². The molecule has 0 amide bonds. The Kier molecular flexibility index (Phi) is 8.13. The molecule has 0 saturated carbocycles. The Balaban J connectivity index is 2.15. The molecule has 0 bridgehead atoms. The molecule has 2 aromatic rings. The van der Waals surface area contributed by atoms with Crippen molar-refractivity contribution in [3.05, 3.63) is 34.5 Å². The standard InChI is InChI=1S/C19H26N2O5S2/c1-4-5-6-7-11-20-14-8-9-15(16(13-14)25-2)21-28(23,24)17-10-12-27-18(17)19(22)26-3/h8-10,12-13,20-21H,4-7,11H2,1-3H3. The Morgan fingerprint density at radius 3 is 2.61 bits per heavy atom. The summed E-state index contributed by atoms with van der Waals surface area (Å²) in [5.74, 6) is -0.304. The number of thiophene rings is 1. The molecule has 1 heterocycles. The number of ether oxygens (including phenoxy) is 2. The summed E-state index contributed by atoms with van der Waals surface area (Å²) in [6.45, 7) is 3.01. The molecule has 0 aliphatic rings. The molecule has 2 rings (SSSR count). The van der Waals surface area contributed by atoms with Gasteiger partial charge in [0.2, 0.25) is 0 Å². The lowest BCUT2D eigenvalue weighted by Crippen LogP contribution is -2.16. The Morgan fingerprint density at radius 1 is 1.14 bits per heavy atom. The van der Waals surface area contributed by atoms with Crippen LogP contribution in [0.1, 0.15) is 42.3 Å². The molecule has 1 aromatic heterocycles. The molecule has 0 radical (unpaired) electrons. The van der Waals surface area contributed by atoms with E-state index in [9.17, 15) is 13.2 Å². The number of nitrogens with one attached hydrogen (secondary N) is 2. The van der Waals surface area contributed by atoms with E-state index in [0.29, 0.717) is 11.4 Å². The van der Waals surface area contributed by atoms with Crippen LogP contribution in [0.15, 0.2) is 34.5 Å². The summed E-state index contributed by atoms with van der Waals surface area (Å²) >= 11 is 1.01. The summed E-state index contributed by atoms with van der Waals surface area (Å²) in [5.41, 5.74) is 1.14. The zero-order valence-corrected chi connectivity index (χ0v) is 17.9.